The van der Waals surface area contributed by atoms with Gasteiger partial charge in [-0.25, -0.2) is 14.4 Å². The van der Waals surface area contributed by atoms with Gasteiger partial charge in [-0.3, -0.25) is 19.5 Å². The zero-order chi connectivity index (χ0) is 29.8. The van der Waals surface area contributed by atoms with Crippen LogP contribution in [-0.4, -0.2) is 58.4 Å². The van der Waals surface area contributed by atoms with Crippen molar-refractivity contribution in [2.24, 2.45) is 4.99 Å². The summed E-state index contributed by atoms with van der Waals surface area (Å²) in [6, 6.07) is 11.2. The summed E-state index contributed by atoms with van der Waals surface area (Å²) in [7, 11) is 3.11. The van der Waals surface area contributed by atoms with Crippen LogP contribution in [0.2, 0.25) is 0 Å². The lowest BCUT2D eigenvalue weighted by molar-refractivity contribution is 0.0657. The highest BCUT2D eigenvalue weighted by molar-refractivity contribution is 5.88. The van der Waals surface area contributed by atoms with Crippen molar-refractivity contribution >= 4 is 22.8 Å². The zero-order valence-electron chi connectivity index (χ0n) is 23.4. The number of nitrogens with zero attached hydrogens (tertiary/aromatic N) is 6. The summed E-state index contributed by atoms with van der Waals surface area (Å²) >= 11 is 0. The maximum atomic E-state index is 13.6. The number of ether oxygens (including phenoxy) is 4. The normalized spacial score (nSPS) is 13.8. The van der Waals surface area contributed by atoms with Gasteiger partial charge in [0.05, 0.1) is 50.1 Å². The van der Waals surface area contributed by atoms with Crippen molar-refractivity contribution in [2.45, 2.75) is 18.9 Å². The van der Waals surface area contributed by atoms with Gasteiger partial charge in [-0.15, -0.1) is 0 Å². The number of fused-ring (bicyclic) bond motifs is 1. The van der Waals surface area contributed by atoms with Gasteiger partial charge in [0, 0.05) is 42.6 Å². The molecule has 12 heteroatoms. The molecule has 6 rings (SSSR count). The second-order valence-corrected chi connectivity index (χ2v) is 9.71. The van der Waals surface area contributed by atoms with Gasteiger partial charge in [0.2, 0.25) is 5.43 Å². The summed E-state index contributed by atoms with van der Waals surface area (Å²) in [4.78, 5) is 30.7. The highest BCUT2D eigenvalue weighted by Crippen LogP contribution is 2.36. The van der Waals surface area contributed by atoms with E-state index in [2.05, 4.69) is 25.0 Å². The van der Waals surface area contributed by atoms with Crippen LogP contribution in [0.4, 0.5) is 10.1 Å². The Morgan fingerprint density at radius 3 is 2.42 bits per heavy atom. The van der Waals surface area contributed by atoms with Crippen molar-refractivity contribution in [3.05, 3.63) is 89.0 Å². The Morgan fingerprint density at radius 1 is 0.977 bits per heavy atom. The molecule has 0 radical (unpaired) electrons. The van der Waals surface area contributed by atoms with E-state index in [9.17, 15) is 9.18 Å². The van der Waals surface area contributed by atoms with Crippen molar-refractivity contribution in [2.75, 3.05) is 27.4 Å². The van der Waals surface area contributed by atoms with Gasteiger partial charge < -0.3 is 18.9 Å². The van der Waals surface area contributed by atoms with Gasteiger partial charge in [-0.1, -0.05) is 12.1 Å². The number of aliphatic imine (C=N–C) groups is 1. The first-order valence-electron chi connectivity index (χ1n) is 13.5. The third kappa shape index (κ3) is 6.04. The molecule has 43 heavy (non-hydrogen) atoms. The maximum Gasteiger partial charge on any atom is 0.322 e. The van der Waals surface area contributed by atoms with Crippen LogP contribution in [0, 0.1) is 5.82 Å². The molecule has 218 valence electrons. The van der Waals surface area contributed by atoms with E-state index in [0.717, 1.165) is 12.8 Å². The largest absolute Gasteiger partial charge is 0.493 e. The summed E-state index contributed by atoms with van der Waals surface area (Å²) in [5.41, 5.74) is 1.86. The molecule has 1 fully saturated rings. The molecule has 5 aromatic rings. The standard InChI is InChI=1S/C31H27FN6O5/c1-40-28-13-23-25(14-29(28)41-2)33-10-7-27(23)43-31-35-15-21(16-36-31)34-17-26-30(39)24(19-3-5-20(32)6-4-19)18-38(37-26)22-8-11-42-12-9-22/h3-7,10,13-18,22H,8-9,11-12H2,1-2H3. The van der Waals surface area contributed by atoms with Crippen LogP contribution < -0.4 is 19.6 Å². The maximum absolute atomic E-state index is 13.6. The first-order valence-corrected chi connectivity index (χ1v) is 13.5. The SMILES string of the molecule is COc1cc2nccc(Oc3ncc(N=Cc4nn(C5CCOCC5)cc(-c5ccc(F)cc5)c4=O)cn3)c2cc1OC. The monoisotopic (exact) mass is 582 g/mol. The Hall–Kier alpha value is -5.23. The summed E-state index contributed by atoms with van der Waals surface area (Å²) in [6.07, 6.45) is 9.20. The predicted octanol–water partition coefficient (Wildman–Crippen LogP) is 5.30. The summed E-state index contributed by atoms with van der Waals surface area (Å²) in [6.45, 7) is 1.22. The van der Waals surface area contributed by atoms with Crippen molar-refractivity contribution in [3.63, 3.8) is 0 Å². The number of pyridine rings is 1. The molecule has 0 saturated carbocycles. The van der Waals surface area contributed by atoms with E-state index in [-0.39, 0.29) is 29.0 Å². The quantitative estimate of drug-likeness (QED) is 0.224. The molecule has 4 heterocycles. The van der Waals surface area contributed by atoms with Crippen LogP contribution in [0.25, 0.3) is 22.0 Å². The molecule has 1 saturated heterocycles. The topological polar surface area (TPSA) is 123 Å². The molecule has 2 aromatic carbocycles. The minimum atomic E-state index is -0.381. The number of aromatic nitrogens is 5. The number of hydrogen-bond acceptors (Lipinski definition) is 10. The van der Waals surface area contributed by atoms with E-state index in [1.807, 2.05) is 0 Å². The van der Waals surface area contributed by atoms with Gasteiger partial charge >= 0.3 is 6.01 Å². The fourth-order valence-electron chi connectivity index (χ4n) is 4.78. The van der Waals surface area contributed by atoms with E-state index >= 15 is 0 Å². The minimum Gasteiger partial charge on any atom is -0.493 e. The minimum absolute atomic E-state index is 0.0609. The van der Waals surface area contributed by atoms with E-state index in [4.69, 9.17) is 18.9 Å². The summed E-state index contributed by atoms with van der Waals surface area (Å²) in [5, 5.41) is 5.27. The van der Waals surface area contributed by atoms with E-state index in [0.29, 0.717) is 58.2 Å². The van der Waals surface area contributed by atoms with Crippen molar-refractivity contribution in [1.82, 2.24) is 24.7 Å². The van der Waals surface area contributed by atoms with Crippen LogP contribution in [0.15, 0.2) is 77.0 Å². The van der Waals surface area contributed by atoms with E-state index in [1.54, 1.807) is 61.6 Å². The molecule has 0 N–H and O–H groups in total. The number of benzene rings is 2. The first-order chi connectivity index (χ1) is 21.0. The number of methoxy groups -OCH3 is 2. The lowest BCUT2D eigenvalue weighted by Crippen LogP contribution is -2.26. The van der Waals surface area contributed by atoms with Crippen LogP contribution in [0.5, 0.6) is 23.3 Å². The van der Waals surface area contributed by atoms with Crippen molar-refractivity contribution in [3.8, 4) is 34.4 Å². The zero-order valence-corrected chi connectivity index (χ0v) is 23.4. The van der Waals surface area contributed by atoms with Gasteiger partial charge in [0.15, 0.2) is 11.5 Å². The lowest BCUT2D eigenvalue weighted by Gasteiger charge is -2.24. The molecule has 11 nitrogen and oxygen atoms in total. The second kappa shape index (κ2) is 12.3. The molecule has 0 bridgehead atoms. The Morgan fingerprint density at radius 2 is 1.70 bits per heavy atom. The number of hydrogen-bond donors (Lipinski definition) is 0. The van der Waals surface area contributed by atoms with E-state index in [1.165, 1.54) is 30.7 Å². The van der Waals surface area contributed by atoms with Crippen LogP contribution in [-0.2, 0) is 4.74 Å². The molecular formula is C31H27FN6O5. The lowest BCUT2D eigenvalue weighted by atomic mass is 10.1. The average molecular weight is 583 g/mol. The van der Waals surface area contributed by atoms with Gasteiger partial charge in [0.1, 0.15) is 17.3 Å². The highest BCUT2D eigenvalue weighted by atomic mass is 19.1. The Labute approximate surface area is 245 Å². The van der Waals surface area contributed by atoms with E-state index < -0.39 is 0 Å². The fraction of sp³-hybridized carbons (Fsp3) is 0.226. The van der Waals surface area contributed by atoms with Crippen LogP contribution >= 0.6 is 0 Å². The third-order valence-electron chi connectivity index (χ3n) is 7.04. The molecule has 1 aliphatic rings. The first kappa shape index (κ1) is 27.9. The molecule has 0 atom stereocenters. The smallest absolute Gasteiger partial charge is 0.322 e. The molecule has 0 spiro atoms. The predicted molar refractivity (Wildman–Crippen MR) is 157 cm³/mol. The Kier molecular flexibility index (Phi) is 8.01. The number of rotatable bonds is 8. The van der Waals surface area contributed by atoms with Gasteiger partial charge in [-0.2, -0.15) is 5.10 Å². The molecule has 0 unspecified atom stereocenters. The Balaban J connectivity index is 1.27. The van der Waals surface area contributed by atoms with Crippen LogP contribution in [0.3, 0.4) is 0 Å². The van der Waals surface area contributed by atoms with Crippen LogP contribution in [0.1, 0.15) is 24.6 Å². The molecule has 3 aromatic heterocycles. The molecular weight excluding hydrogens is 555 g/mol. The van der Waals surface area contributed by atoms with Gasteiger partial charge in [-0.05, 0) is 42.7 Å². The number of halogens is 1. The average Bonchev–Trinajstić information content (AvgIpc) is 3.05. The van der Waals surface area contributed by atoms with Gasteiger partial charge in [0.25, 0.3) is 0 Å². The molecule has 0 aliphatic carbocycles. The highest BCUT2D eigenvalue weighted by Gasteiger charge is 2.19. The second-order valence-electron chi connectivity index (χ2n) is 9.71. The summed E-state index contributed by atoms with van der Waals surface area (Å²) < 4.78 is 37.6. The fourth-order valence-corrected chi connectivity index (χ4v) is 4.78. The van der Waals surface area contributed by atoms with Crippen molar-refractivity contribution in [1.29, 1.82) is 0 Å². The Bertz CT molecular complexity index is 1840. The molecule has 0 amide bonds. The third-order valence-corrected chi connectivity index (χ3v) is 7.04. The summed E-state index contributed by atoms with van der Waals surface area (Å²) in [5.74, 6) is 1.19. The molecule has 1 aliphatic heterocycles. The van der Waals surface area contributed by atoms with Crippen molar-refractivity contribution < 1.29 is 23.3 Å².